The Hall–Kier alpha value is -1.21. The lowest BCUT2D eigenvalue weighted by atomic mass is 10.2. The number of oxime groups is 1. The number of amidine groups is 1. The summed E-state index contributed by atoms with van der Waals surface area (Å²) in [6, 6.07) is 6.15. The van der Waals surface area contributed by atoms with E-state index in [4.69, 9.17) is 10.9 Å². The lowest BCUT2D eigenvalue weighted by molar-refractivity contribution is 0.318. The van der Waals surface area contributed by atoms with E-state index in [1.807, 2.05) is 0 Å². The van der Waals surface area contributed by atoms with Crippen LogP contribution in [0.25, 0.3) is 0 Å². The molecule has 0 aliphatic rings. The van der Waals surface area contributed by atoms with E-state index >= 15 is 0 Å². The summed E-state index contributed by atoms with van der Waals surface area (Å²) in [5.41, 5.74) is 5.86. The molecule has 0 unspecified atom stereocenters. The van der Waals surface area contributed by atoms with Crippen LogP contribution in [0.15, 0.2) is 34.3 Å². The molecular weight excluding hydrogens is 296 g/mol. The highest BCUT2D eigenvalue weighted by Gasteiger charge is 2.15. The van der Waals surface area contributed by atoms with Gasteiger partial charge in [-0.05, 0) is 24.3 Å². The topological polar surface area (TPSA) is 92.8 Å². The minimum atomic E-state index is -3.32. The molecule has 20 heavy (non-hydrogen) atoms. The van der Waals surface area contributed by atoms with Crippen molar-refractivity contribution in [3.05, 3.63) is 29.8 Å². The van der Waals surface area contributed by atoms with E-state index in [-0.39, 0.29) is 16.5 Å². The third-order valence-electron chi connectivity index (χ3n) is 2.74. The summed E-state index contributed by atoms with van der Waals surface area (Å²) in [4.78, 5) is 0.206. The lowest BCUT2D eigenvalue weighted by Gasteiger charge is -2.06. The van der Waals surface area contributed by atoms with Crippen molar-refractivity contribution in [2.24, 2.45) is 10.9 Å². The summed E-state index contributed by atoms with van der Waals surface area (Å²) in [5, 5.41) is 11.5. The number of sulfone groups is 1. The molecule has 3 N–H and O–H groups in total. The van der Waals surface area contributed by atoms with Crippen LogP contribution in [-0.2, 0) is 9.84 Å². The van der Waals surface area contributed by atoms with Crippen LogP contribution in [-0.4, -0.2) is 36.7 Å². The average Bonchev–Trinajstić information content (AvgIpc) is 2.46. The zero-order chi connectivity index (χ0) is 15.0. The lowest BCUT2D eigenvalue weighted by Crippen LogP contribution is -2.15. The SMILES string of the molecule is CCCCSCCS(=O)(=O)c1cccc(/C(N)=N/O)c1. The van der Waals surface area contributed by atoms with Crippen LogP contribution < -0.4 is 5.73 Å². The predicted octanol–water partition coefficient (Wildman–Crippen LogP) is 2.09. The Bertz CT molecular complexity index is 556. The molecule has 0 atom stereocenters. The van der Waals surface area contributed by atoms with Gasteiger partial charge in [0.15, 0.2) is 15.7 Å². The molecule has 112 valence electrons. The van der Waals surface area contributed by atoms with Gasteiger partial charge in [0.2, 0.25) is 0 Å². The van der Waals surface area contributed by atoms with E-state index < -0.39 is 9.84 Å². The molecule has 0 radical (unpaired) electrons. The Labute approximate surface area is 124 Å². The Morgan fingerprint density at radius 1 is 1.40 bits per heavy atom. The zero-order valence-electron chi connectivity index (χ0n) is 11.4. The van der Waals surface area contributed by atoms with Gasteiger partial charge in [0.25, 0.3) is 0 Å². The van der Waals surface area contributed by atoms with Gasteiger partial charge in [-0.15, -0.1) is 0 Å². The summed E-state index contributed by atoms with van der Waals surface area (Å²) in [6.07, 6.45) is 2.21. The van der Waals surface area contributed by atoms with Crippen molar-refractivity contribution >= 4 is 27.4 Å². The van der Waals surface area contributed by atoms with E-state index in [1.54, 1.807) is 23.9 Å². The Kier molecular flexibility index (Phi) is 6.87. The van der Waals surface area contributed by atoms with E-state index in [1.165, 1.54) is 12.1 Å². The first-order chi connectivity index (χ1) is 9.51. The van der Waals surface area contributed by atoms with Crippen LogP contribution in [0.5, 0.6) is 0 Å². The second kappa shape index (κ2) is 8.16. The molecule has 0 aliphatic heterocycles. The number of rotatable bonds is 8. The number of thioether (sulfide) groups is 1. The van der Waals surface area contributed by atoms with Gasteiger partial charge in [0.05, 0.1) is 10.6 Å². The highest BCUT2D eigenvalue weighted by molar-refractivity contribution is 8.00. The van der Waals surface area contributed by atoms with Crippen molar-refractivity contribution < 1.29 is 13.6 Å². The molecule has 0 aliphatic carbocycles. The fourth-order valence-corrected chi connectivity index (χ4v) is 4.42. The number of hydrogen-bond acceptors (Lipinski definition) is 5. The molecule has 1 rings (SSSR count). The monoisotopic (exact) mass is 316 g/mol. The first-order valence-electron chi connectivity index (χ1n) is 6.39. The maximum absolute atomic E-state index is 12.2. The van der Waals surface area contributed by atoms with Crippen LogP contribution in [0.3, 0.4) is 0 Å². The quantitative estimate of drug-likeness (QED) is 0.252. The van der Waals surface area contributed by atoms with Gasteiger partial charge in [0, 0.05) is 11.3 Å². The largest absolute Gasteiger partial charge is 0.409 e. The summed E-state index contributed by atoms with van der Waals surface area (Å²) < 4.78 is 24.3. The third-order valence-corrected chi connectivity index (χ3v) is 5.78. The molecule has 0 heterocycles. The molecule has 0 saturated heterocycles. The molecule has 0 amide bonds. The standard InChI is InChI=1S/C13H20N2O3S2/c1-2-3-7-19-8-9-20(17,18)12-6-4-5-11(10-12)13(14)15-16/h4-6,10,16H,2-3,7-9H2,1H3,(H2,14,15). The molecule has 0 saturated carbocycles. The van der Waals surface area contributed by atoms with Crippen LogP contribution in [0.4, 0.5) is 0 Å². The Morgan fingerprint density at radius 2 is 2.15 bits per heavy atom. The van der Waals surface area contributed by atoms with Crippen molar-refractivity contribution in [1.29, 1.82) is 0 Å². The fourth-order valence-electron chi connectivity index (χ4n) is 1.54. The molecule has 1 aromatic carbocycles. The van der Waals surface area contributed by atoms with Crippen molar-refractivity contribution in [3.8, 4) is 0 Å². The Morgan fingerprint density at radius 3 is 2.80 bits per heavy atom. The van der Waals surface area contributed by atoms with Crippen molar-refractivity contribution in [2.75, 3.05) is 17.3 Å². The smallest absolute Gasteiger partial charge is 0.179 e. The fraction of sp³-hybridized carbons (Fsp3) is 0.462. The Balaban J connectivity index is 2.72. The number of benzene rings is 1. The summed E-state index contributed by atoms with van der Waals surface area (Å²) in [6.45, 7) is 2.11. The van der Waals surface area contributed by atoms with Gasteiger partial charge in [-0.1, -0.05) is 30.6 Å². The van der Waals surface area contributed by atoms with Crippen LogP contribution in [0.2, 0.25) is 0 Å². The molecule has 5 nitrogen and oxygen atoms in total. The molecule has 0 aromatic heterocycles. The predicted molar refractivity (Wildman–Crippen MR) is 83.2 cm³/mol. The van der Waals surface area contributed by atoms with E-state index in [0.29, 0.717) is 11.3 Å². The summed E-state index contributed by atoms with van der Waals surface area (Å²) in [5.74, 6) is 1.56. The van der Waals surface area contributed by atoms with Gasteiger partial charge >= 0.3 is 0 Å². The van der Waals surface area contributed by atoms with E-state index in [0.717, 1.165) is 18.6 Å². The second-order valence-corrected chi connectivity index (χ2v) is 7.63. The summed E-state index contributed by atoms with van der Waals surface area (Å²) in [7, 11) is -3.32. The highest BCUT2D eigenvalue weighted by Crippen LogP contribution is 2.15. The van der Waals surface area contributed by atoms with Gasteiger partial charge < -0.3 is 10.9 Å². The maximum Gasteiger partial charge on any atom is 0.179 e. The molecular formula is C13H20N2O3S2. The number of unbranched alkanes of at least 4 members (excludes halogenated alkanes) is 1. The van der Waals surface area contributed by atoms with E-state index in [2.05, 4.69) is 12.1 Å². The van der Waals surface area contributed by atoms with Crippen LogP contribution >= 0.6 is 11.8 Å². The summed E-state index contributed by atoms with van der Waals surface area (Å²) >= 11 is 1.65. The minimum Gasteiger partial charge on any atom is -0.409 e. The van der Waals surface area contributed by atoms with Crippen molar-refractivity contribution in [3.63, 3.8) is 0 Å². The molecule has 7 heteroatoms. The third kappa shape index (κ3) is 5.05. The molecule has 0 bridgehead atoms. The maximum atomic E-state index is 12.2. The first-order valence-corrected chi connectivity index (χ1v) is 9.20. The molecule has 1 aromatic rings. The van der Waals surface area contributed by atoms with Gasteiger partial charge in [-0.25, -0.2) is 8.42 Å². The molecule has 0 fully saturated rings. The van der Waals surface area contributed by atoms with Crippen molar-refractivity contribution in [2.45, 2.75) is 24.7 Å². The first kappa shape index (κ1) is 16.8. The number of nitrogens with zero attached hydrogens (tertiary/aromatic N) is 1. The average molecular weight is 316 g/mol. The number of hydrogen-bond donors (Lipinski definition) is 2. The van der Waals surface area contributed by atoms with Gasteiger partial charge in [-0.2, -0.15) is 11.8 Å². The van der Waals surface area contributed by atoms with Gasteiger partial charge in [0.1, 0.15) is 0 Å². The van der Waals surface area contributed by atoms with E-state index in [9.17, 15) is 8.42 Å². The minimum absolute atomic E-state index is 0.0978. The van der Waals surface area contributed by atoms with Gasteiger partial charge in [-0.3, -0.25) is 0 Å². The second-order valence-electron chi connectivity index (χ2n) is 4.30. The number of nitrogens with two attached hydrogens (primary N) is 1. The zero-order valence-corrected chi connectivity index (χ0v) is 13.1. The van der Waals surface area contributed by atoms with Crippen LogP contribution in [0.1, 0.15) is 25.3 Å². The van der Waals surface area contributed by atoms with Crippen molar-refractivity contribution in [1.82, 2.24) is 0 Å². The molecule has 0 spiro atoms. The highest BCUT2D eigenvalue weighted by atomic mass is 32.2. The van der Waals surface area contributed by atoms with Crippen LogP contribution in [0, 0.1) is 0 Å². The normalized spacial score (nSPS) is 12.6.